The van der Waals surface area contributed by atoms with Gasteiger partial charge in [-0.25, -0.2) is 0 Å². The van der Waals surface area contributed by atoms with Gasteiger partial charge in [0.15, 0.2) is 0 Å². The lowest BCUT2D eigenvalue weighted by molar-refractivity contribution is -0.415. The summed E-state index contributed by atoms with van der Waals surface area (Å²) in [7, 11) is 1.97. The van der Waals surface area contributed by atoms with Gasteiger partial charge in [-0.3, -0.25) is 4.99 Å². The summed E-state index contributed by atoms with van der Waals surface area (Å²) in [5.74, 6) is 1.90. The fraction of sp³-hybridized carbons (Fsp3) is 0.700. The molecule has 1 fully saturated rings. The minimum absolute atomic E-state index is 0.947. The summed E-state index contributed by atoms with van der Waals surface area (Å²) in [4.78, 5) is 3.07. The first-order chi connectivity index (χ1) is 5.36. The summed E-state index contributed by atoms with van der Waals surface area (Å²) < 4.78 is 0. The monoisotopic (exact) mass is 152 g/mol. The molecule has 0 spiro atoms. The average molecular weight is 152 g/mol. The van der Waals surface area contributed by atoms with Gasteiger partial charge >= 0.3 is 0 Å². The maximum absolute atomic E-state index is 3.75. The van der Waals surface area contributed by atoms with E-state index in [2.05, 4.69) is 17.8 Å². The Morgan fingerprint density at radius 3 is 2.55 bits per heavy atom. The van der Waals surface area contributed by atoms with E-state index in [4.69, 9.17) is 0 Å². The Morgan fingerprint density at radius 1 is 1.36 bits per heavy atom. The Morgan fingerprint density at radius 2 is 2.00 bits per heavy atom. The molecule has 1 saturated carbocycles. The molecule has 1 nitrogen and oxygen atoms in total. The van der Waals surface area contributed by atoms with Gasteiger partial charge in [-0.2, -0.15) is 0 Å². The summed E-state index contributed by atoms with van der Waals surface area (Å²) in [5.41, 5.74) is 0. The standard InChI is InChI=1S/C10H17N/c1-3-4-9-7-10(8-9)5-6-11-2/h3,6,9-10H,1,4-5,7-8H2,2H3/p+1. The highest BCUT2D eigenvalue weighted by Gasteiger charge is 2.27. The zero-order valence-corrected chi connectivity index (χ0v) is 7.34. The van der Waals surface area contributed by atoms with E-state index in [9.17, 15) is 0 Å². The number of hydrogen-bond donors (Lipinski definition) is 1. The zero-order valence-electron chi connectivity index (χ0n) is 7.34. The van der Waals surface area contributed by atoms with Gasteiger partial charge in [-0.15, -0.1) is 6.58 Å². The van der Waals surface area contributed by atoms with E-state index in [1.807, 2.05) is 13.1 Å². The second-order valence-electron chi connectivity index (χ2n) is 3.46. The largest absolute Gasteiger partial charge is 0.254 e. The van der Waals surface area contributed by atoms with Crippen LogP contribution >= 0.6 is 0 Å². The first kappa shape index (κ1) is 8.51. The topological polar surface area (TPSA) is 14.0 Å². The minimum atomic E-state index is 0.947. The minimum Gasteiger partial charge on any atom is -0.254 e. The Kier molecular flexibility index (Phi) is 3.34. The quantitative estimate of drug-likeness (QED) is 0.451. The molecule has 0 aromatic heterocycles. The van der Waals surface area contributed by atoms with Crippen molar-refractivity contribution in [1.82, 2.24) is 0 Å². The highest BCUT2D eigenvalue weighted by atomic mass is 14.6. The summed E-state index contributed by atoms with van der Waals surface area (Å²) in [5, 5.41) is 0. The molecule has 1 heteroatoms. The van der Waals surface area contributed by atoms with Crippen LogP contribution in [-0.2, 0) is 0 Å². The second-order valence-corrected chi connectivity index (χ2v) is 3.46. The van der Waals surface area contributed by atoms with Gasteiger partial charge in [0.1, 0.15) is 13.3 Å². The molecule has 62 valence electrons. The Bertz CT molecular complexity index is 143. The van der Waals surface area contributed by atoms with Crippen LogP contribution in [0.4, 0.5) is 0 Å². The lowest BCUT2D eigenvalue weighted by Gasteiger charge is -2.33. The molecule has 0 unspecified atom stereocenters. The molecule has 1 rings (SSSR count). The van der Waals surface area contributed by atoms with Crippen molar-refractivity contribution >= 4 is 6.21 Å². The summed E-state index contributed by atoms with van der Waals surface area (Å²) in [6.07, 6.45) is 9.48. The smallest absolute Gasteiger partial charge is 0.137 e. The number of nitrogens with one attached hydrogen (secondary N) is 1. The van der Waals surface area contributed by atoms with Crippen LogP contribution in [0.1, 0.15) is 25.7 Å². The molecule has 0 atom stereocenters. The summed E-state index contributed by atoms with van der Waals surface area (Å²) >= 11 is 0. The SMILES string of the molecule is C=CCC1CC(CC=[NH+]C)C1. The Hall–Kier alpha value is -0.590. The van der Waals surface area contributed by atoms with E-state index < -0.39 is 0 Å². The van der Waals surface area contributed by atoms with Gasteiger partial charge < -0.3 is 0 Å². The van der Waals surface area contributed by atoms with E-state index in [0.717, 1.165) is 11.8 Å². The molecule has 0 amide bonds. The van der Waals surface area contributed by atoms with Gasteiger partial charge in [-0.05, 0) is 31.1 Å². The Labute approximate surface area is 69.2 Å². The van der Waals surface area contributed by atoms with Gasteiger partial charge in [-0.1, -0.05) is 6.08 Å². The van der Waals surface area contributed by atoms with Crippen LogP contribution in [-0.4, -0.2) is 13.3 Å². The number of allylic oxidation sites excluding steroid dienone is 1. The third-order valence-corrected chi connectivity index (χ3v) is 2.49. The van der Waals surface area contributed by atoms with Crippen LogP contribution in [0.2, 0.25) is 0 Å². The van der Waals surface area contributed by atoms with E-state index in [1.165, 1.54) is 25.7 Å². The van der Waals surface area contributed by atoms with Crippen molar-refractivity contribution in [2.45, 2.75) is 25.7 Å². The zero-order chi connectivity index (χ0) is 8.10. The Balaban J connectivity index is 2.04. The maximum atomic E-state index is 3.75. The third kappa shape index (κ3) is 2.49. The van der Waals surface area contributed by atoms with Crippen LogP contribution < -0.4 is 4.99 Å². The van der Waals surface area contributed by atoms with Crippen molar-refractivity contribution in [3.63, 3.8) is 0 Å². The molecular formula is C10H18N+. The van der Waals surface area contributed by atoms with Crippen molar-refractivity contribution in [1.29, 1.82) is 0 Å². The molecular weight excluding hydrogens is 134 g/mol. The third-order valence-electron chi connectivity index (χ3n) is 2.49. The van der Waals surface area contributed by atoms with E-state index in [0.29, 0.717) is 0 Å². The normalized spacial score (nSPS) is 30.3. The van der Waals surface area contributed by atoms with Crippen molar-refractivity contribution in [3.8, 4) is 0 Å². The molecule has 0 bridgehead atoms. The molecule has 1 aliphatic rings. The summed E-state index contributed by atoms with van der Waals surface area (Å²) in [6, 6.07) is 0. The maximum Gasteiger partial charge on any atom is 0.137 e. The highest BCUT2D eigenvalue weighted by Crippen LogP contribution is 2.37. The van der Waals surface area contributed by atoms with Gasteiger partial charge in [0.05, 0.1) is 0 Å². The highest BCUT2D eigenvalue weighted by molar-refractivity contribution is 5.50. The van der Waals surface area contributed by atoms with Gasteiger partial charge in [0.2, 0.25) is 0 Å². The van der Waals surface area contributed by atoms with Gasteiger partial charge in [0.25, 0.3) is 0 Å². The lowest BCUT2D eigenvalue weighted by atomic mass is 9.72. The molecule has 0 radical (unpaired) electrons. The molecule has 0 aromatic carbocycles. The van der Waals surface area contributed by atoms with E-state index in [-0.39, 0.29) is 0 Å². The molecule has 0 aromatic rings. The number of rotatable bonds is 4. The van der Waals surface area contributed by atoms with Crippen molar-refractivity contribution in [3.05, 3.63) is 12.7 Å². The fourth-order valence-corrected chi connectivity index (χ4v) is 1.78. The van der Waals surface area contributed by atoms with E-state index >= 15 is 0 Å². The first-order valence-electron chi connectivity index (χ1n) is 4.46. The molecule has 0 heterocycles. The molecule has 1 aliphatic carbocycles. The lowest BCUT2D eigenvalue weighted by Crippen LogP contribution is -2.63. The van der Waals surface area contributed by atoms with Crippen molar-refractivity contribution in [2.24, 2.45) is 11.8 Å². The first-order valence-corrected chi connectivity index (χ1v) is 4.46. The molecule has 0 aliphatic heterocycles. The van der Waals surface area contributed by atoms with Gasteiger partial charge in [0, 0.05) is 6.42 Å². The fourth-order valence-electron chi connectivity index (χ4n) is 1.78. The molecule has 11 heavy (non-hydrogen) atoms. The van der Waals surface area contributed by atoms with Crippen LogP contribution in [0.15, 0.2) is 12.7 Å². The summed E-state index contributed by atoms with van der Waals surface area (Å²) in [6.45, 7) is 3.75. The molecule has 1 N–H and O–H groups in total. The average Bonchev–Trinajstić information content (AvgIpc) is 1.94. The van der Waals surface area contributed by atoms with Crippen molar-refractivity contribution in [2.75, 3.05) is 7.05 Å². The molecule has 0 saturated heterocycles. The van der Waals surface area contributed by atoms with Crippen LogP contribution in [0, 0.1) is 11.8 Å². The second kappa shape index (κ2) is 4.32. The predicted octanol–water partition coefficient (Wildman–Crippen LogP) is 0.760. The van der Waals surface area contributed by atoms with Crippen LogP contribution in [0.5, 0.6) is 0 Å². The predicted molar refractivity (Wildman–Crippen MR) is 48.6 cm³/mol. The van der Waals surface area contributed by atoms with Crippen molar-refractivity contribution < 1.29 is 4.99 Å². The van der Waals surface area contributed by atoms with E-state index in [1.54, 1.807) is 0 Å². The van der Waals surface area contributed by atoms with Crippen LogP contribution in [0.3, 0.4) is 0 Å². The van der Waals surface area contributed by atoms with Crippen LogP contribution in [0.25, 0.3) is 0 Å². The number of hydrogen-bond acceptors (Lipinski definition) is 0.